The zero-order chi connectivity index (χ0) is 23.8. The number of hydrogen-bond donors (Lipinski definition) is 1. The van der Waals surface area contributed by atoms with Crippen molar-refractivity contribution in [2.75, 3.05) is 6.61 Å². The Morgan fingerprint density at radius 1 is 1.00 bits per heavy atom. The molecule has 0 heterocycles. The maximum absolute atomic E-state index is 12.3. The van der Waals surface area contributed by atoms with Gasteiger partial charge in [-0.2, -0.15) is 5.10 Å². The molecule has 3 aromatic rings. The molecule has 172 valence electrons. The molecule has 0 spiro atoms. The first-order valence-corrected chi connectivity index (χ1v) is 11.7. The van der Waals surface area contributed by atoms with Crippen LogP contribution in [0.2, 0.25) is 0 Å². The summed E-state index contributed by atoms with van der Waals surface area (Å²) in [5.41, 5.74) is 8.93. The van der Waals surface area contributed by atoms with Crippen LogP contribution in [0, 0.1) is 20.8 Å². The van der Waals surface area contributed by atoms with E-state index >= 15 is 0 Å². The highest BCUT2D eigenvalue weighted by Crippen LogP contribution is 2.37. The Morgan fingerprint density at radius 3 is 2.42 bits per heavy atom. The Balaban J connectivity index is 1.66. The van der Waals surface area contributed by atoms with Crippen molar-refractivity contribution in [3.63, 3.8) is 0 Å². The van der Waals surface area contributed by atoms with Crippen molar-refractivity contribution in [2.45, 2.75) is 40.7 Å². The molecule has 3 rings (SSSR count). The number of nitrogens with zero attached hydrogens (tertiary/aromatic N) is 1. The molecule has 6 heteroatoms. The van der Waals surface area contributed by atoms with Crippen molar-refractivity contribution in [3.05, 3.63) is 92.5 Å². The van der Waals surface area contributed by atoms with Crippen LogP contribution in [0.3, 0.4) is 0 Å². The summed E-state index contributed by atoms with van der Waals surface area (Å²) >= 11 is 3.58. The Bertz CT molecular complexity index is 1140. The number of aryl methyl sites for hydroxylation is 3. The Kier molecular flexibility index (Phi) is 8.66. The molecular formula is C27H29BrN2O3. The van der Waals surface area contributed by atoms with Crippen molar-refractivity contribution < 1.29 is 14.3 Å². The lowest BCUT2D eigenvalue weighted by atomic mass is 10.0. The summed E-state index contributed by atoms with van der Waals surface area (Å²) in [5.74, 6) is 1.08. The van der Waals surface area contributed by atoms with Crippen LogP contribution in [-0.2, 0) is 17.8 Å². The first-order chi connectivity index (χ1) is 15.9. The number of ether oxygens (including phenoxy) is 2. The normalized spacial score (nSPS) is 10.9. The SMILES string of the molecule is CCOc1cc(/C=N\NC(=O)Cc2ccc(C)cc2C)cc(Br)c1OCc1ccc(C)cc1. The fourth-order valence-corrected chi connectivity index (χ4v) is 3.91. The summed E-state index contributed by atoms with van der Waals surface area (Å²) in [5, 5.41) is 4.12. The second-order valence-electron chi connectivity index (χ2n) is 7.94. The van der Waals surface area contributed by atoms with Gasteiger partial charge < -0.3 is 9.47 Å². The van der Waals surface area contributed by atoms with Gasteiger partial charge in [0.2, 0.25) is 5.91 Å². The van der Waals surface area contributed by atoms with E-state index in [0.29, 0.717) is 24.7 Å². The molecule has 0 aliphatic rings. The standard InChI is InChI=1S/C27H29BrN2O3/c1-5-32-25-14-22(13-24(28)27(25)33-17-21-9-6-18(2)7-10-21)16-29-30-26(31)15-23-11-8-19(3)12-20(23)4/h6-14,16H,5,15,17H2,1-4H3,(H,30,31)/b29-16-. The molecule has 3 aromatic carbocycles. The van der Waals surface area contributed by atoms with E-state index in [2.05, 4.69) is 51.6 Å². The minimum absolute atomic E-state index is 0.166. The highest BCUT2D eigenvalue weighted by Gasteiger charge is 2.12. The van der Waals surface area contributed by atoms with Crippen molar-refractivity contribution in [1.29, 1.82) is 0 Å². The minimum Gasteiger partial charge on any atom is -0.490 e. The first-order valence-electron chi connectivity index (χ1n) is 10.9. The monoisotopic (exact) mass is 508 g/mol. The lowest BCUT2D eigenvalue weighted by Crippen LogP contribution is -2.20. The molecule has 0 aromatic heterocycles. The molecule has 1 N–H and O–H groups in total. The van der Waals surface area contributed by atoms with E-state index in [1.54, 1.807) is 6.21 Å². The molecule has 5 nitrogen and oxygen atoms in total. The number of carbonyl (C=O) groups excluding carboxylic acids is 1. The van der Waals surface area contributed by atoms with Crippen LogP contribution >= 0.6 is 15.9 Å². The lowest BCUT2D eigenvalue weighted by molar-refractivity contribution is -0.120. The Labute approximate surface area is 204 Å². The average Bonchev–Trinajstić information content (AvgIpc) is 2.76. The van der Waals surface area contributed by atoms with Crippen LogP contribution in [0.1, 0.15) is 40.3 Å². The van der Waals surface area contributed by atoms with E-state index in [4.69, 9.17) is 9.47 Å². The molecule has 0 aliphatic carbocycles. The van der Waals surface area contributed by atoms with Gasteiger partial charge in [-0.25, -0.2) is 5.43 Å². The summed E-state index contributed by atoms with van der Waals surface area (Å²) < 4.78 is 12.6. The van der Waals surface area contributed by atoms with Crippen molar-refractivity contribution in [3.8, 4) is 11.5 Å². The van der Waals surface area contributed by atoms with Gasteiger partial charge in [0.15, 0.2) is 11.5 Å². The highest BCUT2D eigenvalue weighted by molar-refractivity contribution is 9.10. The fourth-order valence-electron chi connectivity index (χ4n) is 3.34. The van der Waals surface area contributed by atoms with E-state index < -0.39 is 0 Å². The Morgan fingerprint density at radius 2 is 1.73 bits per heavy atom. The van der Waals surface area contributed by atoms with Gasteiger partial charge in [-0.05, 0) is 78.0 Å². The third-order valence-corrected chi connectivity index (χ3v) is 5.68. The molecule has 0 saturated heterocycles. The van der Waals surface area contributed by atoms with Crippen molar-refractivity contribution in [1.82, 2.24) is 5.43 Å². The zero-order valence-electron chi connectivity index (χ0n) is 19.4. The Hall–Kier alpha value is -3.12. The number of carbonyl (C=O) groups is 1. The van der Waals surface area contributed by atoms with Crippen LogP contribution in [0.5, 0.6) is 11.5 Å². The largest absolute Gasteiger partial charge is 0.490 e. The smallest absolute Gasteiger partial charge is 0.244 e. The molecule has 0 atom stereocenters. The number of benzene rings is 3. The van der Waals surface area contributed by atoms with E-state index in [9.17, 15) is 4.79 Å². The summed E-state index contributed by atoms with van der Waals surface area (Å²) in [6.45, 7) is 8.95. The van der Waals surface area contributed by atoms with Gasteiger partial charge in [0.25, 0.3) is 0 Å². The minimum atomic E-state index is -0.166. The molecule has 0 radical (unpaired) electrons. The molecule has 1 amide bonds. The molecule has 33 heavy (non-hydrogen) atoms. The number of hydrazone groups is 1. The fraction of sp³-hybridized carbons (Fsp3) is 0.259. The van der Waals surface area contributed by atoms with Gasteiger partial charge in [-0.15, -0.1) is 0 Å². The third kappa shape index (κ3) is 7.19. The average molecular weight is 509 g/mol. The maximum Gasteiger partial charge on any atom is 0.244 e. The van der Waals surface area contributed by atoms with Crippen LogP contribution in [0.25, 0.3) is 0 Å². The topological polar surface area (TPSA) is 59.9 Å². The first kappa shape index (κ1) is 24.5. The van der Waals surface area contributed by atoms with Crippen LogP contribution in [0.4, 0.5) is 0 Å². The van der Waals surface area contributed by atoms with E-state index in [1.165, 1.54) is 11.1 Å². The van der Waals surface area contributed by atoms with Gasteiger partial charge in [0, 0.05) is 0 Å². The molecular weight excluding hydrogens is 480 g/mol. The van der Waals surface area contributed by atoms with Crippen molar-refractivity contribution in [2.24, 2.45) is 5.10 Å². The van der Waals surface area contributed by atoms with Crippen molar-refractivity contribution >= 4 is 28.1 Å². The van der Waals surface area contributed by atoms with Gasteiger partial charge in [-0.3, -0.25) is 4.79 Å². The van der Waals surface area contributed by atoms with E-state index in [1.807, 2.05) is 57.2 Å². The summed E-state index contributed by atoms with van der Waals surface area (Å²) in [4.78, 5) is 12.3. The van der Waals surface area contributed by atoms with Crippen LogP contribution < -0.4 is 14.9 Å². The van der Waals surface area contributed by atoms with E-state index in [-0.39, 0.29) is 12.3 Å². The van der Waals surface area contributed by atoms with Gasteiger partial charge in [-0.1, -0.05) is 53.6 Å². The molecule has 0 saturated carbocycles. The third-order valence-electron chi connectivity index (χ3n) is 5.09. The summed E-state index contributed by atoms with van der Waals surface area (Å²) in [6.07, 6.45) is 1.88. The summed E-state index contributed by atoms with van der Waals surface area (Å²) in [6, 6.07) is 18.0. The number of amides is 1. The summed E-state index contributed by atoms with van der Waals surface area (Å²) in [7, 11) is 0. The number of rotatable bonds is 9. The number of nitrogens with one attached hydrogen (secondary N) is 1. The number of hydrogen-bond acceptors (Lipinski definition) is 4. The number of halogens is 1. The quantitative estimate of drug-likeness (QED) is 0.283. The van der Waals surface area contributed by atoms with Gasteiger partial charge >= 0.3 is 0 Å². The molecule has 0 unspecified atom stereocenters. The lowest BCUT2D eigenvalue weighted by Gasteiger charge is -2.15. The predicted molar refractivity (Wildman–Crippen MR) is 136 cm³/mol. The molecule has 0 aliphatic heterocycles. The van der Waals surface area contributed by atoms with Crippen LogP contribution in [0.15, 0.2) is 64.2 Å². The van der Waals surface area contributed by atoms with Gasteiger partial charge in [0.1, 0.15) is 6.61 Å². The second kappa shape index (κ2) is 11.7. The van der Waals surface area contributed by atoms with E-state index in [0.717, 1.165) is 26.7 Å². The highest BCUT2D eigenvalue weighted by atomic mass is 79.9. The molecule has 0 bridgehead atoms. The predicted octanol–water partition coefficient (Wildman–Crippen LogP) is 6.04. The second-order valence-corrected chi connectivity index (χ2v) is 8.79. The molecule has 0 fully saturated rings. The van der Waals surface area contributed by atoms with Crippen LogP contribution in [-0.4, -0.2) is 18.7 Å². The van der Waals surface area contributed by atoms with Gasteiger partial charge in [0.05, 0.1) is 23.7 Å². The maximum atomic E-state index is 12.3. The zero-order valence-corrected chi connectivity index (χ0v) is 21.0.